The van der Waals surface area contributed by atoms with Crippen LogP contribution in [0.5, 0.6) is 5.75 Å². The Morgan fingerprint density at radius 3 is 2.50 bits per heavy atom. The van der Waals surface area contributed by atoms with Gasteiger partial charge < -0.3 is 19.5 Å². The lowest BCUT2D eigenvalue weighted by Crippen LogP contribution is -2.45. The lowest BCUT2D eigenvalue weighted by Gasteiger charge is -2.35. The van der Waals surface area contributed by atoms with Gasteiger partial charge in [0, 0.05) is 11.8 Å². The van der Waals surface area contributed by atoms with Gasteiger partial charge in [0.25, 0.3) is 0 Å². The molecule has 1 aliphatic heterocycles. The summed E-state index contributed by atoms with van der Waals surface area (Å²) >= 11 is 0. The number of alkyl halides is 3. The summed E-state index contributed by atoms with van der Waals surface area (Å²) in [7, 11) is 0. The SMILES string of the molecule is CC1(C)OCC(Nc2cccc(OC(F)(F)F)c2)CO1. The Kier molecular flexibility index (Phi) is 4.10. The highest BCUT2D eigenvalue weighted by Gasteiger charge is 2.31. The van der Waals surface area contributed by atoms with E-state index in [0.717, 1.165) is 0 Å². The van der Waals surface area contributed by atoms with Gasteiger partial charge in [-0.2, -0.15) is 0 Å². The summed E-state index contributed by atoms with van der Waals surface area (Å²) in [6.07, 6.45) is -4.69. The molecule has 0 bridgehead atoms. The highest BCUT2D eigenvalue weighted by atomic mass is 19.4. The van der Waals surface area contributed by atoms with Crippen LogP contribution in [0.15, 0.2) is 24.3 Å². The van der Waals surface area contributed by atoms with Gasteiger partial charge in [0.2, 0.25) is 0 Å². The quantitative estimate of drug-likeness (QED) is 0.928. The number of anilines is 1. The molecule has 112 valence electrons. The maximum atomic E-state index is 12.1. The Bertz CT molecular complexity index is 452. The van der Waals surface area contributed by atoms with E-state index in [1.807, 2.05) is 0 Å². The van der Waals surface area contributed by atoms with Gasteiger partial charge in [-0.15, -0.1) is 13.2 Å². The monoisotopic (exact) mass is 291 g/mol. The van der Waals surface area contributed by atoms with Crippen molar-refractivity contribution in [2.24, 2.45) is 0 Å². The van der Waals surface area contributed by atoms with Crippen LogP contribution in [0.4, 0.5) is 18.9 Å². The molecule has 7 heteroatoms. The molecule has 1 aromatic carbocycles. The number of benzene rings is 1. The first-order valence-electron chi connectivity index (χ1n) is 6.14. The lowest BCUT2D eigenvalue weighted by molar-refractivity contribution is -0.274. The Balaban J connectivity index is 1.95. The molecule has 1 N–H and O–H groups in total. The summed E-state index contributed by atoms with van der Waals surface area (Å²) in [5.74, 6) is -0.889. The molecule has 1 saturated heterocycles. The smallest absolute Gasteiger partial charge is 0.406 e. The molecule has 20 heavy (non-hydrogen) atoms. The largest absolute Gasteiger partial charge is 0.573 e. The second kappa shape index (κ2) is 5.49. The molecule has 1 fully saturated rings. The van der Waals surface area contributed by atoms with Gasteiger partial charge >= 0.3 is 6.36 Å². The minimum Gasteiger partial charge on any atom is -0.406 e. The van der Waals surface area contributed by atoms with Crippen LogP contribution in [0.25, 0.3) is 0 Å². The van der Waals surface area contributed by atoms with E-state index in [-0.39, 0.29) is 11.8 Å². The molecule has 1 aliphatic rings. The Labute approximate surface area is 114 Å². The summed E-state index contributed by atoms with van der Waals surface area (Å²) in [6, 6.07) is 5.55. The molecule has 1 heterocycles. The summed E-state index contributed by atoms with van der Waals surface area (Å²) < 4.78 is 51.2. The van der Waals surface area contributed by atoms with Crippen molar-refractivity contribution in [1.82, 2.24) is 0 Å². The van der Waals surface area contributed by atoms with E-state index in [1.165, 1.54) is 18.2 Å². The molecule has 0 radical (unpaired) electrons. The topological polar surface area (TPSA) is 39.7 Å². The average molecular weight is 291 g/mol. The molecular weight excluding hydrogens is 275 g/mol. The maximum Gasteiger partial charge on any atom is 0.573 e. The van der Waals surface area contributed by atoms with Crippen molar-refractivity contribution in [3.63, 3.8) is 0 Å². The van der Waals surface area contributed by atoms with Crippen LogP contribution in [0, 0.1) is 0 Å². The molecule has 0 saturated carbocycles. The van der Waals surface area contributed by atoms with Gasteiger partial charge in [-0.25, -0.2) is 0 Å². The van der Waals surface area contributed by atoms with Gasteiger partial charge in [-0.05, 0) is 26.0 Å². The summed E-state index contributed by atoms with van der Waals surface area (Å²) in [5, 5.41) is 3.05. The third-order valence-corrected chi connectivity index (χ3v) is 2.70. The highest BCUT2D eigenvalue weighted by Crippen LogP contribution is 2.26. The zero-order valence-corrected chi connectivity index (χ0v) is 11.2. The van der Waals surface area contributed by atoms with E-state index in [9.17, 15) is 13.2 Å². The van der Waals surface area contributed by atoms with Crippen molar-refractivity contribution in [2.75, 3.05) is 18.5 Å². The molecule has 0 unspecified atom stereocenters. The second-order valence-electron chi connectivity index (χ2n) is 4.94. The van der Waals surface area contributed by atoms with Crippen molar-refractivity contribution in [3.8, 4) is 5.75 Å². The third kappa shape index (κ3) is 4.57. The summed E-state index contributed by atoms with van der Waals surface area (Å²) in [4.78, 5) is 0. The van der Waals surface area contributed by atoms with E-state index in [4.69, 9.17) is 9.47 Å². The van der Waals surface area contributed by atoms with Crippen LogP contribution in [0.1, 0.15) is 13.8 Å². The summed E-state index contributed by atoms with van der Waals surface area (Å²) in [5.41, 5.74) is 0.517. The van der Waals surface area contributed by atoms with Crippen molar-refractivity contribution in [1.29, 1.82) is 0 Å². The first-order valence-corrected chi connectivity index (χ1v) is 6.14. The van der Waals surface area contributed by atoms with E-state index >= 15 is 0 Å². The molecule has 0 aliphatic carbocycles. The Hall–Kier alpha value is -1.47. The van der Waals surface area contributed by atoms with Gasteiger partial charge in [0.15, 0.2) is 5.79 Å². The fraction of sp³-hybridized carbons (Fsp3) is 0.538. The first-order chi connectivity index (χ1) is 9.23. The summed E-state index contributed by atoms with van der Waals surface area (Å²) in [6.45, 7) is 4.44. The van der Waals surface area contributed by atoms with Crippen molar-refractivity contribution >= 4 is 5.69 Å². The van der Waals surface area contributed by atoms with E-state index in [0.29, 0.717) is 18.9 Å². The Morgan fingerprint density at radius 2 is 1.90 bits per heavy atom. The molecular formula is C13H16F3NO3. The van der Waals surface area contributed by atoms with Crippen LogP contribution < -0.4 is 10.1 Å². The molecule has 0 spiro atoms. The molecule has 0 aromatic heterocycles. The Morgan fingerprint density at radius 1 is 1.25 bits per heavy atom. The molecule has 4 nitrogen and oxygen atoms in total. The minimum atomic E-state index is -4.69. The zero-order valence-electron chi connectivity index (χ0n) is 11.2. The predicted molar refractivity (Wildman–Crippen MR) is 66.5 cm³/mol. The number of ether oxygens (including phenoxy) is 3. The molecule has 0 amide bonds. The van der Waals surface area contributed by atoms with Gasteiger partial charge in [0.1, 0.15) is 5.75 Å². The van der Waals surface area contributed by atoms with Crippen LogP contribution in [-0.4, -0.2) is 31.4 Å². The van der Waals surface area contributed by atoms with Crippen LogP contribution in [0.3, 0.4) is 0 Å². The highest BCUT2D eigenvalue weighted by molar-refractivity contribution is 5.49. The standard InChI is InChI=1S/C13H16F3NO3/c1-12(2)18-7-10(8-19-12)17-9-4-3-5-11(6-9)20-13(14,15)16/h3-6,10,17H,7-8H2,1-2H3. The maximum absolute atomic E-state index is 12.1. The van der Waals surface area contributed by atoms with Crippen LogP contribution in [0.2, 0.25) is 0 Å². The first kappa shape index (κ1) is 14.9. The fourth-order valence-electron chi connectivity index (χ4n) is 1.79. The molecule has 1 aromatic rings. The van der Waals surface area contributed by atoms with E-state index in [1.54, 1.807) is 19.9 Å². The van der Waals surface area contributed by atoms with Crippen molar-refractivity contribution in [2.45, 2.75) is 32.0 Å². The second-order valence-corrected chi connectivity index (χ2v) is 4.94. The normalized spacial score (nSPS) is 19.6. The minimum absolute atomic E-state index is 0.121. The molecule has 0 atom stereocenters. The molecule has 2 rings (SSSR count). The van der Waals surface area contributed by atoms with E-state index < -0.39 is 12.1 Å². The van der Waals surface area contributed by atoms with Gasteiger partial charge in [-0.1, -0.05) is 6.07 Å². The number of halogens is 3. The van der Waals surface area contributed by atoms with Crippen LogP contribution >= 0.6 is 0 Å². The number of nitrogens with one attached hydrogen (secondary N) is 1. The van der Waals surface area contributed by atoms with Crippen LogP contribution in [-0.2, 0) is 9.47 Å². The van der Waals surface area contributed by atoms with Crippen molar-refractivity contribution in [3.05, 3.63) is 24.3 Å². The number of hydrogen-bond acceptors (Lipinski definition) is 4. The third-order valence-electron chi connectivity index (χ3n) is 2.70. The fourth-order valence-corrected chi connectivity index (χ4v) is 1.79. The lowest BCUT2D eigenvalue weighted by atomic mass is 10.2. The zero-order chi connectivity index (χ0) is 14.8. The predicted octanol–water partition coefficient (Wildman–Crippen LogP) is 3.15. The average Bonchev–Trinajstić information content (AvgIpc) is 2.30. The number of rotatable bonds is 3. The van der Waals surface area contributed by atoms with Gasteiger partial charge in [0.05, 0.1) is 19.3 Å². The van der Waals surface area contributed by atoms with Crippen molar-refractivity contribution < 1.29 is 27.4 Å². The number of hydrogen-bond donors (Lipinski definition) is 1. The van der Waals surface area contributed by atoms with E-state index in [2.05, 4.69) is 10.1 Å². The van der Waals surface area contributed by atoms with Gasteiger partial charge in [-0.3, -0.25) is 0 Å².